The van der Waals surface area contributed by atoms with Crippen molar-refractivity contribution in [2.75, 3.05) is 26.4 Å². The van der Waals surface area contributed by atoms with E-state index in [0.29, 0.717) is 13.2 Å². The molecule has 4 nitrogen and oxygen atoms in total. The molecule has 0 aliphatic heterocycles. The minimum Gasteiger partial charge on any atom is -0.394 e. The van der Waals surface area contributed by atoms with Crippen LogP contribution in [0.25, 0.3) is 0 Å². The fourth-order valence-electron chi connectivity index (χ4n) is 0.793. The lowest BCUT2D eigenvalue weighted by Gasteiger charge is -2.17. The summed E-state index contributed by atoms with van der Waals surface area (Å²) < 4.78 is 10.3. The summed E-state index contributed by atoms with van der Waals surface area (Å²) >= 11 is 0. The molecule has 74 valence electrons. The maximum atomic E-state index is 8.65. The summed E-state index contributed by atoms with van der Waals surface area (Å²) in [5, 5.41) is 17.1. The molecule has 0 aliphatic carbocycles. The molecule has 0 saturated heterocycles. The summed E-state index contributed by atoms with van der Waals surface area (Å²) in [4.78, 5) is 0. The van der Waals surface area contributed by atoms with Gasteiger partial charge in [0.15, 0.2) is 0 Å². The van der Waals surface area contributed by atoms with Gasteiger partial charge in [-0.15, -0.1) is 0 Å². The van der Waals surface area contributed by atoms with Crippen molar-refractivity contribution in [2.45, 2.75) is 26.1 Å². The highest BCUT2D eigenvalue weighted by Gasteiger charge is 2.06. The lowest BCUT2D eigenvalue weighted by Crippen LogP contribution is -2.24. The van der Waals surface area contributed by atoms with E-state index in [-0.39, 0.29) is 25.4 Å². The van der Waals surface area contributed by atoms with Crippen LogP contribution in [0.4, 0.5) is 0 Å². The molecule has 0 aromatic heterocycles. The summed E-state index contributed by atoms with van der Waals surface area (Å²) in [6.07, 6.45) is -0.198. The third kappa shape index (κ3) is 6.54. The van der Waals surface area contributed by atoms with Crippen LogP contribution in [-0.2, 0) is 9.47 Å². The zero-order chi connectivity index (χ0) is 9.40. The van der Waals surface area contributed by atoms with Crippen molar-refractivity contribution in [3.63, 3.8) is 0 Å². The molecule has 0 fully saturated rings. The van der Waals surface area contributed by atoms with Crippen molar-refractivity contribution in [1.29, 1.82) is 0 Å². The molecule has 2 unspecified atom stereocenters. The number of ether oxygens (including phenoxy) is 2. The molecular formula is C8H18O4. The van der Waals surface area contributed by atoms with E-state index in [4.69, 9.17) is 19.7 Å². The molecule has 0 amide bonds. The van der Waals surface area contributed by atoms with Gasteiger partial charge < -0.3 is 19.7 Å². The third-order valence-corrected chi connectivity index (χ3v) is 1.31. The fraction of sp³-hybridized carbons (Fsp3) is 1.00. The van der Waals surface area contributed by atoms with Gasteiger partial charge in [-0.05, 0) is 13.8 Å². The molecule has 0 spiro atoms. The zero-order valence-electron chi connectivity index (χ0n) is 7.69. The molecule has 2 atom stereocenters. The predicted molar refractivity (Wildman–Crippen MR) is 45.0 cm³/mol. The van der Waals surface area contributed by atoms with Gasteiger partial charge in [0.05, 0.1) is 38.6 Å². The monoisotopic (exact) mass is 178 g/mol. The molecular weight excluding hydrogens is 160 g/mol. The number of rotatable bonds is 7. The van der Waals surface area contributed by atoms with Crippen LogP contribution in [0.15, 0.2) is 0 Å². The summed E-state index contributed by atoms with van der Waals surface area (Å²) in [6.45, 7) is 4.49. The van der Waals surface area contributed by atoms with Gasteiger partial charge in [0, 0.05) is 0 Å². The first-order chi connectivity index (χ1) is 5.70. The molecule has 0 aliphatic rings. The summed E-state index contributed by atoms with van der Waals surface area (Å²) in [5.41, 5.74) is 0. The SMILES string of the molecule is CC(CO)OC(C)COCCO. The Balaban J connectivity index is 3.26. The molecule has 0 heterocycles. The van der Waals surface area contributed by atoms with Gasteiger partial charge >= 0.3 is 0 Å². The van der Waals surface area contributed by atoms with E-state index in [1.165, 1.54) is 0 Å². The van der Waals surface area contributed by atoms with Crippen LogP contribution < -0.4 is 0 Å². The van der Waals surface area contributed by atoms with Crippen LogP contribution in [-0.4, -0.2) is 48.8 Å². The molecule has 4 heteroatoms. The van der Waals surface area contributed by atoms with Crippen molar-refractivity contribution in [1.82, 2.24) is 0 Å². The fourth-order valence-corrected chi connectivity index (χ4v) is 0.793. The molecule has 0 rings (SSSR count). The summed E-state index contributed by atoms with van der Waals surface area (Å²) in [5.74, 6) is 0. The smallest absolute Gasteiger partial charge is 0.0785 e. The van der Waals surface area contributed by atoms with E-state index in [2.05, 4.69) is 0 Å². The van der Waals surface area contributed by atoms with Gasteiger partial charge in [-0.3, -0.25) is 0 Å². The van der Waals surface area contributed by atoms with Crippen molar-refractivity contribution >= 4 is 0 Å². The second-order valence-electron chi connectivity index (χ2n) is 2.74. The van der Waals surface area contributed by atoms with Gasteiger partial charge in [-0.1, -0.05) is 0 Å². The van der Waals surface area contributed by atoms with Gasteiger partial charge in [-0.25, -0.2) is 0 Å². The van der Waals surface area contributed by atoms with Crippen molar-refractivity contribution < 1.29 is 19.7 Å². The molecule has 0 saturated carbocycles. The molecule has 0 bridgehead atoms. The van der Waals surface area contributed by atoms with E-state index in [9.17, 15) is 0 Å². The second kappa shape index (κ2) is 7.49. The largest absolute Gasteiger partial charge is 0.394 e. The standard InChI is InChI=1S/C8H18O4/c1-7(5-10)12-8(2)6-11-4-3-9/h7-10H,3-6H2,1-2H3. The van der Waals surface area contributed by atoms with Crippen LogP contribution in [0.1, 0.15) is 13.8 Å². The lowest BCUT2D eigenvalue weighted by molar-refractivity contribution is -0.0616. The highest BCUT2D eigenvalue weighted by molar-refractivity contribution is 4.52. The Hall–Kier alpha value is -0.160. The zero-order valence-corrected chi connectivity index (χ0v) is 7.69. The van der Waals surface area contributed by atoms with Gasteiger partial charge in [0.25, 0.3) is 0 Å². The van der Waals surface area contributed by atoms with Crippen molar-refractivity contribution in [3.8, 4) is 0 Å². The topological polar surface area (TPSA) is 58.9 Å². The minimum absolute atomic E-state index is 0.0182. The van der Waals surface area contributed by atoms with E-state index in [1.807, 2.05) is 6.92 Å². The van der Waals surface area contributed by atoms with E-state index < -0.39 is 0 Å². The first-order valence-corrected chi connectivity index (χ1v) is 4.15. The second-order valence-corrected chi connectivity index (χ2v) is 2.74. The van der Waals surface area contributed by atoms with E-state index in [0.717, 1.165) is 0 Å². The quantitative estimate of drug-likeness (QED) is 0.529. The summed E-state index contributed by atoms with van der Waals surface area (Å²) in [7, 11) is 0. The highest BCUT2D eigenvalue weighted by Crippen LogP contribution is 1.97. The Kier molecular flexibility index (Phi) is 7.39. The summed E-state index contributed by atoms with van der Waals surface area (Å²) in [6, 6.07) is 0. The normalized spacial score (nSPS) is 16.0. The number of hydrogen-bond donors (Lipinski definition) is 2. The van der Waals surface area contributed by atoms with Gasteiger partial charge in [0.1, 0.15) is 0 Å². The average Bonchev–Trinajstić information content (AvgIpc) is 2.05. The van der Waals surface area contributed by atoms with Crippen LogP contribution >= 0.6 is 0 Å². The Bertz CT molecular complexity index is 97.1. The Labute approximate surface area is 73.1 Å². The van der Waals surface area contributed by atoms with Crippen molar-refractivity contribution in [3.05, 3.63) is 0 Å². The van der Waals surface area contributed by atoms with Crippen LogP contribution in [0, 0.1) is 0 Å². The number of aliphatic hydroxyl groups is 2. The van der Waals surface area contributed by atoms with Crippen LogP contribution in [0.5, 0.6) is 0 Å². The first-order valence-electron chi connectivity index (χ1n) is 4.15. The molecule has 2 N–H and O–H groups in total. The van der Waals surface area contributed by atoms with E-state index >= 15 is 0 Å². The molecule has 0 radical (unpaired) electrons. The lowest BCUT2D eigenvalue weighted by atomic mass is 10.4. The average molecular weight is 178 g/mol. The maximum Gasteiger partial charge on any atom is 0.0785 e. The van der Waals surface area contributed by atoms with Gasteiger partial charge in [-0.2, -0.15) is 0 Å². The van der Waals surface area contributed by atoms with Crippen molar-refractivity contribution in [2.24, 2.45) is 0 Å². The molecule has 12 heavy (non-hydrogen) atoms. The van der Waals surface area contributed by atoms with Gasteiger partial charge in [0.2, 0.25) is 0 Å². The highest BCUT2D eigenvalue weighted by atomic mass is 16.5. The third-order valence-electron chi connectivity index (χ3n) is 1.31. The maximum absolute atomic E-state index is 8.65. The van der Waals surface area contributed by atoms with Crippen LogP contribution in [0.3, 0.4) is 0 Å². The Morgan fingerprint density at radius 1 is 1.17 bits per heavy atom. The van der Waals surface area contributed by atoms with E-state index in [1.54, 1.807) is 6.92 Å². The number of hydrogen-bond acceptors (Lipinski definition) is 4. The first kappa shape index (κ1) is 11.8. The Morgan fingerprint density at radius 2 is 1.83 bits per heavy atom. The molecule has 0 aromatic rings. The van der Waals surface area contributed by atoms with Crippen LogP contribution in [0.2, 0.25) is 0 Å². The number of aliphatic hydroxyl groups excluding tert-OH is 2. The predicted octanol–water partition coefficient (Wildman–Crippen LogP) is -0.219. The Morgan fingerprint density at radius 3 is 2.33 bits per heavy atom. The minimum atomic E-state index is -0.155. The molecule has 0 aromatic carbocycles.